The highest BCUT2D eigenvalue weighted by Gasteiger charge is 2.22. The Balaban J connectivity index is 1.30. The van der Waals surface area contributed by atoms with Gasteiger partial charge in [-0.2, -0.15) is 0 Å². The number of hydrogen-bond donors (Lipinski definition) is 2. The number of anilines is 2. The molecule has 0 bridgehead atoms. The fourth-order valence-electron chi connectivity index (χ4n) is 2.96. The molecule has 1 fully saturated rings. The Kier molecular flexibility index (Phi) is 4.43. The van der Waals surface area contributed by atoms with E-state index in [-0.39, 0.29) is 12.1 Å². The van der Waals surface area contributed by atoms with E-state index in [9.17, 15) is 4.79 Å². The van der Waals surface area contributed by atoms with Crippen molar-refractivity contribution >= 4 is 39.2 Å². The number of nitrogens with one attached hydrogen (secondary N) is 2. The van der Waals surface area contributed by atoms with Gasteiger partial charge in [0.05, 0.1) is 15.7 Å². The van der Waals surface area contributed by atoms with Crippen LogP contribution >= 0.6 is 11.3 Å². The van der Waals surface area contributed by atoms with Gasteiger partial charge >= 0.3 is 6.03 Å². The smallest absolute Gasteiger partial charge is 0.319 e. The van der Waals surface area contributed by atoms with Crippen LogP contribution in [0.1, 0.15) is 12.8 Å². The number of fused-ring (bicyclic) bond motifs is 1. The van der Waals surface area contributed by atoms with Gasteiger partial charge in [0.1, 0.15) is 0 Å². The van der Waals surface area contributed by atoms with E-state index in [1.54, 1.807) is 29.2 Å². The number of amides is 2. The second-order valence-electron chi connectivity index (χ2n) is 5.94. The van der Waals surface area contributed by atoms with Crippen LogP contribution in [0.5, 0.6) is 0 Å². The zero-order valence-corrected chi connectivity index (χ0v) is 14.4. The Morgan fingerprint density at radius 3 is 2.76 bits per heavy atom. The van der Waals surface area contributed by atoms with E-state index < -0.39 is 0 Å². The summed E-state index contributed by atoms with van der Waals surface area (Å²) < 4.78 is 1.06. The number of urea groups is 1. The lowest BCUT2D eigenvalue weighted by molar-refractivity contribution is 0.246. The number of carbonyl (C=O) groups is 1. The summed E-state index contributed by atoms with van der Waals surface area (Å²) in [7, 11) is 0. The van der Waals surface area contributed by atoms with Crippen LogP contribution in [0.2, 0.25) is 0 Å². The first-order chi connectivity index (χ1) is 12.3. The summed E-state index contributed by atoms with van der Waals surface area (Å²) >= 11 is 1.56. The monoisotopic (exact) mass is 354 g/mol. The molecule has 2 amide bonds. The molecule has 4 rings (SSSR count). The van der Waals surface area contributed by atoms with E-state index in [1.165, 1.54) is 0 Å². The highest BCUT2D eigenvalue weighted by molar-refractivity contribution is 7.16. The number of benzene rings is 1. The van der Waals surface area contributed by atoms with Crippen LogP contribution in [0.3, 0.4) is 0 Å². The Labute approximate surface area is 149 Å². The van der Waals surface area contributed by atoms with Gasteiger partial charge in [0.15, 0.2) is 0 Å². The average Bonchev–Trinajstić information content (AvgIpc) is 3.11. The van der Waals surface area contributed by atoms with Gasteiger partial charge in [-0.3, -0.25) is 0 Å². The van der Waals surface area contributed by atoms with Gasteiger partial charge < -0.3 is 15.5 Å². The molecule has 1 aromatic carbocycles. The molecule has 128 valence electrons. The summed E-state index contributed by atoms with van der Waals surface area (Å²) in [6.07, 6.45) is 5.25. The number of aromatic nitrogens is 3. The minimum absolute atomic E-state index is 0.159. The van der Waals surface area contributed by atoms with Crippen LogP contribution in [0.25, 0.3) is 10.2 Å². The molecule has 0 unspecified atom stereocenters. The van der Waals surface area contributed by atoms with Crippen LogP contribution in [0, 0.1) is 0 Å². The second-order valence-corrected chi connectivity index (χ2v) is 6.83. The molecule has 8 heteroatoms. The maximum atomic E-state index is 12.2. The molecular weight excluding hydrogens is 336 g/mol. The van der Waals surface area contributed by atoms with Crippen LogP contribution < -0.4 is 15.5 Å². The Hall–Kier alpha value is -2.74. The van der Waals surface area contributed by atoms with Crippen molar-refractivity contribution in [2.45, 2.75) is 18.9 Å². The molecule has 2 N–H and O–H groups in total. The molecule has 0 aliphatic carbocycles. The van der Waals surface area contributed by atoms with Crippen molar-refractivity contribution in [3.05, 3.63) is 42.2 Å². The van der Waals surface area contributed by atoms with E-state index in [0.29, 0.717) is 0 Å². The molecule has 1 aliphatic heterocycles. The van der Waals surface area contributed by atoms with Crippen molar-refractivity contribution in [3.8, 4) is 0 Å². The van der Waals surface area contributed by atoms with Crippen molar-refractivity contribution in [3.63, 3.8) is 0 Å². The summed E-state index contributed by atoms with van der Waals surface area (Å²) in [5.41, 5.74) is 3.54. The topological polar surface area (TPSA) is 83.0 Å². The van der Waals surface area contributed by atoms with Crippen LogP contribution in [0.4, 0.5) is 16.4 Å². The maximum Gasteiger partial charge on any atom is 0.319 e. The van der Waals surface area contributed by atoms with E-state index in [4.69, 9.17) is 0 Å². The first-order valence-electron chi connectivity index (χ1n) is 8.21. The third kappa shape index (κ3) is 3.69. The first-order valence-corrected chi connectivity index (χ1v) is 9.08. The maximum absolute atomic E-state index is 12.2. The SMILES string of the molecule is O=C(Nc1ccc2ncsc2c1)NC1CCN(c2ncccn2)CC1. The van der Waals surface area contributed by atoms with Crippen molar-refractivity contribution in [2.75, 3.05) is 23.3 Å². The average molecular weight is 354 g/mol. The second kappa shape index (κ2) is 7.02. The molecule has 3 heterocycles. The van der Waals surface area contributed by atoms with Gasteiger partial charge in [-0.25, -0.2) is 19.7 Å². The van der Waals surface area contributed by atoms with Crippen molar-refractivity contribution in [1.29, 1.82) is 0 Å². The van der Waals surface area contributed by atoms with E-state index in [2.05, 4.69) is 30.5 Å². The minimum Gasteiger partial charge on any atom is -0.341 e. The fourth-order valence-corrected chi connectivity index (χ4v) is 3.68. The van der Waals surface area contributed by atoms with Gasteiger partial charge in [-0.05, 0) is 37.1 Å². The lowest BCUT2D eigenvalue weighted by Gasteiger charge is -2.32. The molecule has 25 heavy (non-hydrogen) atoms. The molecule has 3 aromatic rings. The largest absolute Gasteiger partial charge is 0.341 e. The minimum atomic E-state index is -0.168. The Bertz CT molecular complexity index is 860. The lowest BCUT2D eigenvalue weighted by atomic mass is 10.1. The van der Waals surface area contributed by atoms with Crippen molar-refractivity contribution in [2.24, 2.45) is 0 Å². The molecule has 1 aliphatic rings. The number of nitrogens with zero attached hydrogens (tertiary/aromatic N) is 4. The zero-order valence-electron chi connectivity index (χ0n) is 13.6. The van der Waals surface area contributed by atoms with Gasteiger partial charge in [-0.1, -0.05) is 0 Å². The molecule has 2 aromatic heterocycles. The first kappa shape index (κ1) is 15.8. The van der Waals surface area contributed by atoms with Crippen LogP contribution in [0.15, 0.2) is 42.2 Å². The summed E-state index contributed by atoms with van der Waals surface area (Å²) in [4.78, 5) is 27.2. The molecule has 0 saturated carbocycles. The van der Waals surface area contributed by atoms with E-state index in [0.717, 1.165) is 47.8 Å². The van der Waals surface area contributed by atoms with Gasteiger partial charge in [-0.15, -0.1) is 11.3 Å². The standard InChI is InChI=1S/C17H18N6OS/c24-17(22-13-2-3-14-15(10-13)25-11-20-14)21-12-4-8-23(9-5-12)16-18-6-1-7-19-16/h1-3,6-7,10-12H,4-5,8-9H2,(H2,21,22,24). The third-order valence-corrected chi connectivity index (χ3v) is 5.05. The fraction of sp³-hybridized carbons (Fsp3) is 0.294. The molecule has 7 nitrogen and oxygen atoms in total. The van der Waals surface area contributed by atoms with Crippen molar-refractivity contribution < 1.29 is 4.79 Å². The van der Waals surface area contributed by atoms with Gasteiger partial charge in [0.25, 0.3) is 0 Å². The molecule has 1 saturated heterocycles. The third-order valence-electron chi connectivity index (χ3n) is 4.25. The predicted octanol–water partition coefficient (Wildman–Crippen LogP) is 2.88. The number of piperidine rings is 1. The van der Waals surface area contributed by atoms with Crippen LogP contribution in [-0.4, -0.2) is 40.1 Å². The number of carbonyl (C=O) groups excluding carboxylic acids is 1. The molecule has 0 atom stereocenters. The predicted molar refractivity (Wildman–Crippen MR) is 99.0 cm³/mol. The van der Waals surface area contributed by atoms with Gasteiger partial charge in [0.2, 0.25) is 5.95 Å². The quantitative estimate of drug-likeness (QED) is 0.756. The Morgan fingerprint density at radius 2 is 1.96 bits per heavy atom. The highest BCUT2D eigenvalue weighted by atomic mass is 32.1. The number of hydrogen-bond acceptors (Lipinski definition) is 6. The highest BCUT2D eigenvalue weighted by Crippen LogP contribution is 2.22. The summed E-state index contributed by atoms with van der Waals surface area (Å²) in [6.45, 7) is 1.67. The van der Waals surface area contributed by atoms with E-state index >= 15 is 0 Å². The zero-order chi connectivity index (χ0) is 17.1. The van der Waals surface area contributed by atoms with Crippen LogP contribution in [-0.2, 0) is 0 Å². The summed E-state index contributed by atoms with van der Waals surface area (Å²) in [5, 5.41) is 5.96. The number of thiazole rings is 1. The molecular formula is C17H18N6OS. The van der Waals surface area contributed by atoms with Gasteiger partial charge in [0, 0.05) is 37.2 Å². The Morgan fingerprint density at radius 1 is 1.16 bits per heavy atom. The normalized spacial score (nSPS) is 15.3. The lowest BCUT2D eigenvalue weighted by Crippen LogP contribution is -2.46. The van der Waals surface area contributed by atoms with Crippen molar-refractivity contribution in [1.82, 2.24) is 20.3 Å². The summed E-state index contributed by atoms with van der Waals surface area (Å²) in [5.74, 6) is 0.753. The molecule has 0 radical (unpaired) electrons. The van der Waals surface area contributed by atoms with E-state index in [1.807, 2.05) is 24.3 Å². The number of rotatable bonds is 3. The molecule has 0 spiro atoms. The summed E-state index contributed by atoms with van der Waals surface area (Å²) in [6, 6.07) is 7.54.